The number of furan rings is 1. The Morgan fingerprint density at radius 1 is 1.17 bits per heavy atom. The van der Waals surface area contributed by atoms with E-state index < -0.39 is 0 Å². The summed E-state index contributed by atoms with van der Waals surface area (Å²) in [5, 5.41) is 6.15. The van der Waals surface area contributed by atoms with Gasteiger partial charge in [0.05, 0.1) is 17.2 Å². The molecule has 0 aliphatic heterocycles. The second-order valence-corrected chi connectivity index (χ2v) is 7.69. The minimum atomic E-state index is -0.243. The maximum absolute atomic E-state index is 13.8. The van der Waals surface area contributed by atoms with Gasteiger partial charge < -0.3 is 14.5 Å². The largest absolute Gasteiger partial charge is 0.493 e. The van der Waals surface area contributed by atoms with E-state index in [1.165, 1.54) is 6.07 Å². The van der Waals surface area contributed by atoms with Gasteiger partial charge in [0.15, 0.2) is 0 Å². The molecule has 0 fully saturated rings. The molecule has 4 aromatic rings. The maximum atomic E-state index is 13.8. The fourth-order valence-corrected chi connectivity index (χ4v) is 4.20. The number of fused-ring (bicyclic) bond motifs is 1. The number of hydrogen-bond donors (Lipinski definition) is 1. The van der Waals surface area contributed by atoms with Gasteiger partial charge in [0.1, 0.15) is 35.1 Å². The van der Waals surface area contributed by atoms with Crippen molar-refractivity contribution in [2.75, 3.05) is 18.5 Å². The van der Waals surface area contributed by atoms with Gasteiger partial charge in [0.2, 0.25) is 0 Å². The first kappa shape index (κ1) is 19.4. The summed E-state index contributed by atoms with van der Waals surface area (Å²) < 4.78 is 25.2. The lowest BCUT2D eigenvalue weighted by molar-refractivity contribution is 0.342. The second-order valence-electron chi connectivity index (χ2n) is 6.78. The van der Waals surface area contributed by atoms with Crippen LogP contribution in [-0.2, 0) is 6.42 Å². The molecule has 7 heteroatoms. The van der Waals surface area contributed by atoms with Crippen LogP contribution in [-0.4, -0.2) is 23.1 Å². The van der Waals surface area contributed by atoms with Crippen LogP contribution in [0.4, 0.5) is 10.2 Å². The highest BCUT2D eigenvalue weighted by atomic mass is 32.1. The summed E-state index contributed by atoms with van der Waals surface area (Å²) in [6, 6.07) is 6.95. The van der Waals surface area contributed by atoms with Crippen LogP contribution in [0, 0.1) is 19.7 Å². The molecule has 0 aliphatic rings. The second kappa shape index (κ2) is 8.21. The number of hydrogen-bond acceptors (Lipinski definition) is 6. The first-order valence-electron chi connectivity index (χ1n) is 9.51. The number of thiophene rings is 1. The number of rotatable bonds is 7. The van der Waals surface area contributed by atoms with E-state index in [1.807, 2.05) is 38.3 Å². The van der Waals surface area contributed by atoms with Crippen molar-refractivity contribution in [3.63, 3.8) is 0 Å². The van der Waals surface area contributed by atoms with E-state index >= 15 is 0 Å². The molecule has 0 saturated carbocycles. The molecule has 0 spiro atoms. The number of benzene rings is 1. The average molecular weight is 412 g/mol. The highest BCUT2D eigenvalue weighted by Crippen LogP contribution is 2.31. The summed E-state index contributed by atoms with van der Waals surface area (Å²) in [4.78, 5) is 9.70. The Kier molecular flexibility index (Phi) is 5.49. The van der Waals surface area contributed by atoms with E-state index in [0.29, 0.717) is 19.6 Å². The van der Waals surface area contributed by atoms with Crippen LogP contribution >= 0.6 is 11.3 Å². The summed E-state index contributed by atoms with van der Waals surface area (Å²) in [5.74, 6) is 2.17. The van der Waals surface area contributed by atoms with Gasteiger partial charge in [-0.15, -0.1) is 11.3 Å². The summed E-state index contributed by atoms with van der Waals surface area (Å²) in [5.41, 5.74) is 3.43. The molecular formula is C22H22FN3O2S. The lowest BCUT2D eigenvalue weighted by Crippen LogP contribution is -2.07. The molecule has 4 rings (SSSR count). The number of aromatic nitrogens is 2. The molecule has 150 valence electrons. The number of ether oxygens (including phenoxy) is 1. The molecule has 3 aromatic heterocycles. The van der Waals surface area contributed by atoms with E-state index in [-0.39, 0.29) is 5.82 Å². The SMILES string of the molecule is CCOc1csc(-c2cc(NCCc3c(C)oc4c(C)cc(F)cc34)ncn2)c1. The number of aryl methyl sites for hydroxylation is 2. The zero-order valence-corrected chi connectivity index (χ0v) is 17.4. The number of halogens is 1. The molecule has 3 heterocycles. The van der Waals surface area contributed by atoms with Crippen molar-refractivity contribution < 1.29 is 13.5 Å². The first-order valence-corrected chi connectivity index (χ1v) is 10.4. The van der Waals surface area contributed by atoms with Crippen molar-refractivity contribution in [3.8, 4) is 16.3 Å². The topological polar surface area (TPSA) is 60.2 Å². The van der Waals surface area contributed by atoms with Crippen molar-refractivity contribution in [3.05, 3.63) is 58.7 Å². The van der Waals surface area contributed by atoms with Crippen LogP contribution in [0.25, 0.3) is 21.5 Å². The van der Waals surface area contributed by atoms with Crippen molar-refractivity contribution in [1.82, 2.24) is 9.97 Å². The average Bonchev–Trinajstić information content (AvgIpc) is 3.28. The summed E-state index contributed by atoms with van der Waals surface area (Å²) >= 11 is 1.59. The highest BCUT2D eigenvalue weighted by Gasteiger charge is 2.14. The summed E-state index contributed by atoms with van der Waals surface area (Å²) in [6.07, 6.45) is 2.25. The Hall–Kier alpha value is -2.93. The zero-order chi connectivity index (χ0) is 20.4. The molecule has 0 atom stereocenters. The fourth-order valence-electron chi connectivity index (χ4n) is 3.40. The number of nitrogens with one attached hydrogen (secondary N) is 1. The smallest absolute Gasteiger partial charge is 0.137 e. The van der Waals surface area contributed by atoms with Gasteiger partial charge >= 0.3 is 0 Å². The monoisotopic (exact) mass is 411 g/mol. The first-order chi connectivity index (χ1) is 14.0. The summed E-state index contributed by atoms with van der Waals surface area (Å²) in [7, 11) is 0. The van der Waals surface area contributed by atoms with Gasteiger partial charge in [0, 0.05) is 35.0 Å². The Balaban J connectivity index is 1.48. The minimum Gasteiger partial charge on any atom is -0.493 e. The van der Waals surface area contributed by atoms with Gasteiger partial charge in [-0.05, 0) is 44.9 Å². The van der Waals surface area contributed by atoms with Crippen LogP contribution in [0.2, 0.25) is 0 Å². The Morgan fingerprint density at radius 3 is 2.86 bits per heavy atom. The normalized spacial score (nSPS) is 11.2. The molecule has 29 heavy (non-hydrogen) atoms. The van der Waals surface area contributed by atoms with Gasteiger partial charge in [-0.3, -0.25) is 0 Å². The third-order valence-electron chi connectivity index (χ3n) is 4.73. The van der Waals surface area contributed by atoms with Gasteiger partial charge in [-0.1, -0.05) is 0 Å². The molecule has 1 N–H and O–H groups in total. The maximum Gasteiger partial charge on any atom is 0.137 e. The predicted molar refractivity (Wildman–Crippen MR) is 114 cm³/mol. The standard InChI is InChI=1S/C22H22FN3O2S/c1-4-27-16-9-20(29-11-16)19-10-21(26-12-25-19)24-6-5-17-14(3)28-22-13(2)7-15(23)8-18(17)22/h7-12H,4-6H2,1-3H3,(H,24,25,26). The van der Waals surface area contributed by atoms with Gasteiger partial charge in [0.25, 0.3) is 0 Å². The van der Waals surface area contributed by atoms with Crippen LogP contribution in [0.15, 0.2) is 40.4 Å². The quantitative estimate of drug-likeness (QED) is 0.419. The Labute approximate surface area is 172 Å². The third-order valence-corrected chi connectivity index (χ3v) is 5.66. The van der Waals surface area contributed by atoms with E-state index in [9.17, 15) is 4.39 Å². The molecule has 0 amide bonds. The van der Waals surface area contributed by atoms with E-state index in [4.69, 9.17) is 9.15 Å². The Bertz CT molecular complexity index is 1150. The van der Waals surface area contributed by atoms with Crippen LogP contribution in [0.3, 0.4) is 0 Å². The van der Waals surface area contributed by atoms with E-state index in [2.05, 4.69) is 15.3 Å². The fraction of sp³-hybridized carbons (Fsp3) is 0.273. The van der Waals surface area contributed by atoms with Crippen LogP contribution in [0.5, 0.6) is 5.75 Å². The summed E-state index contributed by atoms with van der Waals surface area (Å²) in [6.45, 7) is 7.03. The van der Waals surface area contributed by atoms with Gasteiger partial charge in [-0.25, -0.2) is 14.4 Å². The molecule has 0 bridgehead atoms. The van der Waals surface area contributed by atoms with E-state index in [1.54, 1.807) is 23.7 Å². The lowest BCUT2D eigenvalue weighted by Gasteiger charge is -2.06. The number of nitrogens with zero attached hydrogens (tertiary/aromatic N) is 2. The van der Waals surface area contributed by atoms with Crippen molar-refractivity contribution in [1.29, 1.82) is 0 Å². The highest BCUT2D eigenvalue weighted by molar-refractivity contribution is 7.13. The molecule has 1 aromatic carbocycles. The minimum absolute atomic E-state index is 0.243. The molecule has 0 unspecified atom stereocenters. The van der Waals surface area contributed by atoms with E-state index in [0.717, 1.165) is 50.0 Å². The third kappa shape index (κ3) is 4.10. The molecule has 0 radical (unpaired) electrons. The van der Waals surface area contributed by atoms with Gasteiger partial charge in [-0.2, -0.15) is 0 Å². The molecular weight excluding hydrogens is 389 g/mol. The predicted octanol–water partition coefficient (Wildman–Crippen LogP) is 5.76. The molecule has 5 nitrogen and oxygen atoms in total. The molecule has 0 saturated heterocycles. The zero-order valence-electron chi connectivity index (χ0n) is 16.6. The lowest BCUT2D eigenvalue weighted by atomic mass is 10.1. The van der Waals surface area contributed by atoms with Crippen molar-refractivity contribution in [2.45, 2.75) is 27.2 Å². The van der Waals surface area contributed by atoms with Crippen molar-refractivity contribution >= 4 is 28.1 Å². The van der Waals surface area contributed by atoms with Crippen LogP contribution in [0.1, 0.15) is 23.8 Å². The van der Waals surface area contributed by atoms with Crippen molar-refractivity contribution in [2.24, 2.45) is 0 Å². The Morgan fingerprint density at radius 2 is 2.03 bits per heavy atom. The molecule has 0 aliphatic carbocycles. The van der Waals surface area contributed by atoms with Crippen LogP contribution < -0.4 is 10.1 Å². The number of anilines is 1.